The number of aliphatic hydroxyl groups is 2. The SMILES string of the molecule is C[Si](C)(C)NC1=C(C(=O)C=Cc2ccccc2)CN([C@@H]2O[C@H](CO)[C@@H](O)C2(F)F)C(=O)N1C(=O)C=Cc1ccccc1. The van der Waals surface area contributed by atoms with E-state index in [2.05, 4.69) is 4.98 Å². The van der Waals surface area contributed by atoms with Crippen molar-refractivity contribution in [2.24, 2.45) is 0 Å². The van der Waals surface area contributed by atoms with Crippen molar-refractivity contribution in [2.45, 2.75) is 44.0 Å². The number of carbonyl (C=O) groups excluding carboxylic acids is 3. The first-order chi connectivity index (χ1) is 19.8. The molecule has 2 heterocycles. The van der Waals surface area contributed by atoms with Crippen LogP contribution in [0.1, 0.15) is 11.1 Å². The summed E-state index contributed by atoms with van der Waals surface area (Å²) in [6.45, 7) is 4.09. The van der Waals surface area contributed by atoms with Crippen molar-refractivity contribution < 1.29 is 38.1 Å². The summed E-state index contributed by atoms with van der Waals surface area (Å²) in [5.74, 6) is -5.61. The van der Waals surface area contributed by atoms with E-state index >= 15 is 8.78 Å². The molecule has 0 bridgehead atoms. The van der Waals surface area contributed by atoms with Crippen LogP contribution in [-0.2, 0) is 14.3 Å². The molecule has 0 saturated carbocycles. The molecule has 9 nitrogen and oxygen atoms in total. The number of urea groups is 1. The van der Waals surface area contributed by atoms with Crippen molar-refractivity contribution in [3.63, 3.8) is 0 Å². The van der Waals surface area contributed by atoms with Crippen LogP contribution in [0.5, 0.6) is 0 Å². The van der Waals surface area contributed by atoms with E-state index in [1.165, 1.54) is 18.2 Å². The Morgan fingerprint density at radius 3 is 2.07 bits per heavy atom. The lowest BCUT2D eigenvalue weighted by atomic mass is 10.0. The number of ketones is 1. The average molecular weight is 598 g/mol. The molecule has 12 heteroatoms. The number of rotatable bonds is 9. The van der Waals surface area contributed by atoms with E-state index < -0.39 is 63.5 Å². The smallest absolute Gasteiger partial charge is 0.335 e. The second kappa shape index (κ2) is 12.5. The molecule has 3 N–H and O–H groups in total. The molecule has 0 spiro atoms. The lowest BCUT2D eigenvalue weighted by Crippen LogP contribution is -2.62. The summed E-state index contributed by atoms with van der Waals surface area (Å²) in [6, 6.07) is 16.5. The van der Waals surface area contributed by atoms with Crippen LogP contribution in [0.15, 0.2) is 84.2 Å². The topological polar surface area (TPSA) is 119 Å². The molecule has 0 aromatic heterocycles. The number of imide groups is 1. The van der Waals surface area contributed by atoms with Crippen molar-refractivity contribution >= 4 is 38.1 Å². The standard InChI is InChI=1S/C30H33F2N3O6Si/c1-42(2,3)33-27-22(23(37)16-14-20-10-6-4-7-11-20)18-34(28-30(31,32)26(39)24(19-36)41-28)29(40)35(27)25(38)17-15-21-12-8-5-9-13-21/h4-17,24,26,28,33,36,39H,18-19H2,1-3H3/t24-,26-,28-/m1/s1. The lowest BCUT2D eigenvalue weighted by molar-refractivity contribution is -0.157. The number of hydrogen-bond acceptors (Lipinski definition) is 7. The number of alkyl halides is 2. The molecular weight excluding hydrogens is 564 g/mol. The Kier molecular flexibility index (Phi) is 9.21. The van der Waals surface area contributed by atoms with Crippen molar-refractivity contribution in [3.8, 4) is 0 Å². The molecule has 3 amide bonds. The van der Waals surface area contributed by atoms with Crippen LogP contribution in [0.25, 0.3) is 12.2 Å². The molecule has 0 unspecified atom stereocenters. The van der Waals surface area contributed by atoms with E-state index in [1.807, 2.05) is 25.7 Å². The predicted molar refractivity (Wildman–Crippen MR) is 155 cm³/mol. The molecule has 42 heavy (non-hydrogen) atoms. The van der Waals surface area contributed by atoms with E-state index in [-0.39, 0.29) is 11.4 Å². The highest BCUT2D eigenvalue weighted by Gasteiger charge is 2.62. The van der Waals surface area contributed by atoms with Crippen molar-refractivity contribution in [1.82, 2.24) is 14.8 Å². The number of carbonyl (C=O) groups is 3. The molecule has 3 atom stereocenters. The fourth-order valence-corrected chi connectivity index (χ4v) is 5.51. The Balaban J connectivity index is 1.83. The van der Waals surface area contributed by atoms with Crippen LogP contribution in [-0.4, -0.2) is 83.5 Å². The molecule has 4 rings (SSSR count). The van der Waals surface area contributed by atoms with Crippen LogP contribution >= 0.6 is 0 Å². The number of nitrogens with one attached hydrogen (secondary N) is 1. The van der Waals surface area contributed by atoms with Gasteiger partial charge in [0.1, 0.15) is 20.2 Å². The van der Waals surface area contributed by atoms with Crippen LogP contribution < -0.4 is 4.98 Å². The third kappa shape index (κ3) is 6.73. The molecule has 2 aliphatic rings. The maximum atomic E-state index is 15.2. The van der Waals surface area contributed by atoms with Gasteiger partial charge in [0.05, 0.1) is 18.7 Å². The van der Waals surface area contributed by atoms with Crippen molar-refractivity contribution in [2.75, 3.05) is 13.2 Å². The number of nitrogens with zero attached hydrogens (tertiary/aromatic N) is 2. The largest absolute Gasteiger partial charge is 0.396 e. The number of ether oxygens (including phenoxy) is 1. The van der Waals surface area contributed by atoms with Crippen LogP contribution in [0, 0.1) is 0 Å². The Hall–Kier alpha value is -3.97. The maximum Gasteiger partial charge on any atom is 0.335 e. The van der Waals surface area contributed by atoms with Gasteiger partial charge in [0, 0.05) is 6.08 Å². The summed E-state index contributed by atoms with van der Waals surface area (Å²) in [4.78, 5) is 45.5. The van der Waals surface area contributed by atoms with Gasteiger partial charge >= 0.3 is 12.0 Å². The number of halogens is 2. The third-order valence-corrected chi connectivity index (χ3v) is 7.56. The molecule has 2 aliphatic heterocycles. The van der Waals surface area contributed by atoms with Crippen LogP contribution in [0.4, 0.5) is 13.6 Å². The second-order valence-corrected chi connectivity index (χ2v) is 15.7. The molecule has 1 saturated heterocycles. The highest BCUT2D eigenvalue weighted by atomic mass is 28.3. The Labute approximate surface area is 243 Å². The Bertz CT molecular complexity index is 1410. The zero-order valence-corrected chi connectivity index (χ0v) is 24.4. The number of allylic oxidation sites excluding steroid dienone is 1. The van der Waals surface area contributed by atoms with E-state index in [9.17, 15) is 24.6 Å². The summed E-state index contributed by atoms with van der Waals surface area (Å²) in [5.41, 5.74) is 1.23. The first-order valence-corrected chi connectivity index (χ1v) is 16.8. The summed E-state index contributed by atoms with van der Waals surface area (Å²) in [5, 5.41) is 19.6. The van der Waals surface area contributed by atoms with Gasteiger partial charge in [0.15, 0.2) is 11.9 Å². The fourth-order valence-electron chi connectivity index (χ4n) is 4.53. The van der Waals surface area contributed by atoms with Gasteiger partial charge < -0.3 is 19.9 Å². The Morgan fingerprint density at radius 1 is 1.02 bits per heavy atom. The monoisotopic (exact) mass is 597 g/mol. The molecular formula is C30H33F2N3O6Si. The minimum Gasteiger partial charge on any atom is -0.396 e. The minimum absolute atomic E-state index is 0.0959. The van der Waals surface area contributed by atoms with Gasteiger partial charge in [-0.3, -0.25) is 14.5 Å². The predicted octanol–water partition coefficient (Wildman–Crippen LogP) is 3.60. The van der Waals surface area contributed by atoms with Gasteiger partial charge in [-0.2, -0.15) is 8.78 Å². The normalized spacial score (nSPS) is 22.8. The summed E-state index contributed by atoms with van der Waals surface area (Å²) < 4.78 is 35.7. The van der Waals surface area contributed by atoms with E-state index in [0.29, 0.717) is 20.9 Å². The number of benzene rings is 2. The van der Waals surface area contributed by atoms with Gasteiger partial charge in [0.2, 0.25) is 6.23 Å². The van der Waals surface area contributed by atoms with Gasteiger partial charge in [-0.25, -0.2) is 9.69 Å². The zero-order valence-electron chi connectivity index (χ0n) is 23.4. The maximum absolute atomic E-state index is 15.2. The van der Waals surface area contributed by atoms with E-state index in [1.54, 1.807) is 54.6 Å². The first kappa shape index (κ1) is 31.0. The zero-order chi connectivity index (χ0) is 30.7. The van der Waals surface area contributed by atoms with Crippen LogP contribution in [0.3, 0.4) is 0 Å². The third-order valence-electron chi connectivity index (χ3n) is 6.57. The van der Waals surface area contributed by atoms with Gasteiger partial charge in [0.25, 0.3) is 5.91 Å². The molecule has 222 valence electrons. The molecule has 0 aliphatic carbocycles. The molecule has 1 fully saturated rings. The minimum atomic E-state index is -4.00. The summed E-state index contributed by atoms with van der Waals surface area (Å²) >= 11 is 0. The van der Waals surface area contributed by atoms with E-state index in [4.69, 9.17) is 4.74 Å². The highest BCUT2D eigenvalue weighted by Crippen LogP contribution is 2.40. The van der Waals surface area contributed by atoms with Crippen molar-refractivity contribution in [3.05, 3.63) is 95.3 Å². The lowest BCUT2D eigenvalue weighted by Gasteiger charge is -2.41. The average Bonchev–Trinajstić information content (AvgIpc) is 3.18. The number of aliphatic hydroxyl groups excluding tert-OH is 2. The quantitative estimate of drug-likeness (QED) is 0.299. The van der Waals surface area contributed by atoms with Crippen molar-refractivity contribution in [1.29, 1.82) is 0 Å². The Morgan fingerprint density at radius 2 is 1.57 bits per heavy atom. The van der Waals surface area contributed by atoms with E-state index in [0.717, 1.165) is 6.08 Å². The molecule has 0 radical (unpaired) electrons. The first-order valence-electron chi connectivity index (χ1n) is 13.3. The summed E-state index contributed by atoms with van der Waals surface area (Å²) in [7, 11) is -2.36. The van der Waals surface area contributed by atoms with Crippen LogP contribution in [0.2, 0.25) is 19.6 Å². The van der Waals surface area contributed by atoms with Gasteiger partial charge in [-0.05, 0) is 23.3 Å². The molecule has 2 aromatic carbocycles. The van der Waals surface area contributed by atoms with Gasteiger partial charge in [-0.1, -0.05) is 86.4 Å². The fraction of sp³-hybridized carbons (Fsp3) is 0.300. The van der Waals surface area contributed by atoms with Gasteiger partial charge in [-0.15, -0.1) is 0 Å². The molecule has 2 aromatic rings. The summed E-state index contributed by atoms with van der Waals surface area (Å²) in [6.07, 6.45) is -1.08. The second-order valence-electron chi connectivity index (χ2n) is 11.0. The highest BCUT2D eigenvalue weighted by molar-refractivity contribution is 6.74. The number of amides is 3. The number of hydrogen-bond donors (Lipinski definition) is 3.